The van der Waals surface area contributed by atoms with Gasteiger partial charge in [-0.15, -0.1) is 0 Å². The van der Waals surface area contributed by atoms with Crippen molar-refractivity contribution in [2.75, 3.05) is 0 Å². The fourth-order valence-corrected chi connectivity index (χ4v) is 2.21. The van der Waals surface area contributed by atoms with Crippen LogP contribution in [0.25, 0.3) is 0 Å². The van der Waals surface area contributed by atoms with E-state index in [4.69, 9.17) is 0 Å². The second kappa shape index (κ2) is 33.6. The van der Waals surface area contributed by atoms with Crippen molar-refractivity contribution >= 4 is 23.1 Å². The Bertz CT molecular complexity index is 688. The van der Waals surface area contributed by atoms with Crippen LogP contribution in [0, 0.1) is 11.8 Å². The van der Waals surface area contributed by atoms with E-state index in [1.165, 1.54) is 12.5 Å². The van der Waals surface area contributed by atoms with Crippen LogP contribution in [-0.2, 0) is 20.8 Å². The number of rotatable bonds is 8. The van der Waals surface area contributed by atoms with Gasteiger partial charge in [-0.1, -0.05) is 86.6 Å². The molecule has 0 bridgehead atoms. The first-order chi connectivity index (χ1) is 15.0. The Morgan fingerprint density at radius 1 is 0.657 bits per heavy atom. The van der Waals surface area contributed by atoms with Crippen molar-refractivity contribution in [3.63, 3.8) is 0 Å². The maximum atomic E-state index is 10.9. The lowest BCUT2D eigenvalue weighted by Crippen LogP contribution is -1.91. The van der Waals surface area contributed by atoms with Crippen molar-refractivity contribution in [2.24, 2.45) is 0 Å². The smallest absolute Gasteiger partial charge is 0.202 e. The van der Waals surface area contributed by atoms with Crippen LogP contribution in [0.1, 0.15) is 139 Å². The zero-order valence-corrected chi connectivity index (χ0v) is 21.6. The summed E-state index contributed by atoms with van der Waals surface area (Å²) in [5, 5.41) is 0. The lowest BCUT2D eigenvalue weighted by molar-refractivity contribution is -0.117. The van der Waals surface area contributed by atoms with E-state index in [0.717, 1.165) is 56.9 Å². The van der Waals surface area contributed by atoms with Crippen molar-refractivity contribution in [1.82, 2.24) is 0 Å². The molecule has 0 aromatic heterocycles. The summed E-state index contributed by atoms with van der Waals surface area (Å²) in [6, 6.07) is 7.85. The van der Waals surface area contributed by atoms with E-state index in [9.17, 15) is 19.2 Å². The highest BCUT2D eigenvalue weighted by molar-refractivity contribution is 5.94. The SMILES string of the molecule is C.C.C.CCCC#CC(C)=O.CCCC(C)=O.CCCC(C)=O.CCCc1ccc(C(C)=O)cc1. The van der Waals surface area contributed by atoms with Crippen molar-refractivity contribution in [3.05, 3.63) is 35.4 Å². The first-order valence-corrected chi connectivity index (χ1v) is 11.6. The minimum Gasteiger partial charge on any atom is -0.300 e. The van der Waals surface area contributed by atoms with Crippen molar-refractivity contribution in [1.29, 1.82) is 0 Å². The highest BCUT2D eigenvalue weighted by Gasteiger charge is 1.97. The fourth-order valence-electron chi connectivity index (χ4n) is 2.21. The normalized spacial score (nSPS) is 7.89. The van der Waals surface area contributed by atoms with E-state index in [0.29, 0.717) is 0 Å². The second-order valence-corrected chi connectivity index (χ2v) is 7.52. The van der Waals surface area contributed by atoms with Crippen LogP contribution >= 0.6 is 0 Å². The van der Waals surface area contributed by atoms with Gasteiger partial charge in [-0.25, -0.2) is 0 Å². The predicted octanol–water partition coefficient (Wildman–Crippen LogP) is 8.88. The van der Waals surface area contributed by atoms with Gasteiger partial charge in [0.05, 0.1) is 0 Å². The molecule has 1 rings (SSSR count). The highest BCUT2D eigenvalue weighted by atomic mass is 16.1. The lowest BCUT2D eigenvalue weighted by atomic mass is 10.1. The Morgan fingerprint density at radius 3 is 1.31 bits per heavy atom. The molecule has 0 saturated heterocycles. The third-order valence-electron chi connectivity index (χ3n) is 3.74. The molecule has 0 N–H and O–H groups in total. The van der Waals surface area contributed by atoms with Crippen LogP contribution < -0.4 is 0 Å². The van der Waals surface area contributed by atoms with Gasteiger partial charge in [0.2, 0.25) is 5.78 Å². The van der Waals surface area contributed by atoms with Crippen LogP contribution in [0.15, 0.2) is 24.3 Å². The summed E-state index contributed by atoms with van der Waals surface area (Å²) in [7, 11) is 0. The maximum Gasteiger partial charge on any atom is 0.202 e. The summed E-state index contributed by atoms with van der Waals surface area (Å²) in [6.07, 6.45) is 7.54. The monoisotopic (exact) mass is 492 g/mol. The molecule has 0 aliphatic carbocycles. The summed E-state index contributed by atoms with van der Waals surface area (Å²) < 4.78 is 0. The average Bonchev–Trinajstić information content (AvgIpc) is 2.70. The predicted molar refractivity (Wildman–Crippen MR) is 155 cm³/mol. The molecule has 0 fully saturated rings. The van der Waals surface area contributed by atoms with Crippen molar-refractivity contribution < 1.29 is 19.2 Å². The quantitative estimate of drug-likeness (QED) is 0.206. The molecule has 0 aliphatic heterocycles. The Morgan fingerprint density at radius 2 is 1.09 bits per heavy atom. The van der Waals surface area contributed by atoms with Gasteiger partial charge in [-0.3, -0.25) is 9.59 Å². The summed E-state index contributed by atoms with van der Waals surface area (Å²) in [5.74, 6) is 5.87. The molecular formula is C31H56O4. The number of Topliss-reactive ketones (excluding diaryl/α,β-unsaturated/α-hetero) is 4. The van der Waals surface area contributed by atoms with Gasteiger partial charge in [-0.2, -0.15) is 0 Å². The number of aryl methyl sites for hydroxylation is 1. The van der Waals surface area contributed by atoms with Crippen LogP contribution in [0.5, 0.6) is 0 Å². The molecule has 1 aromatic carbocycles. The van der Waals surface area contributed by atoms with Crippen LogP contribution in [0.4, 0.5) is 0 Å². The molecule has 0 atom stereocenters. The average molecular weight is 493 g/mol. The first kappa shape index (κ1) is 45.9. The van der Waals surface area contributed by atoms with Gasteiger partial charge in [0, 0.05) is 31.7 Å². The summed E-state index contributed by atoms with van der Waals surface area (Å²) in [6.45, 7) is 14.5. The number of benzene rings is 1. The van der Waals surface area contributed by atoms with E-state index in [-0.39, 0.29) is 45.4 Å². The summed E-state index contributed by atoms with van der Waals surface area (Å²) in [4.78, 5) is 41.1. The van der Waals surface area contributed by atoms with Gasteiger partial charge in [-0.05, 0) is 57.9 Å². The molecule has 35 heavy (non-hydrogen) atoms. The fraction of sp³-hybridized carbons (Fsp3) is 0.613. The first-order valence-electron chi connectivity index (χ1n) is 11.6. The van der Waals surface area contributed by atoms with Gasteiger partial charge >= 0.3 is 0 Å². The van der Waals surface area contributed by atoms with Crippen molar-refractivity contribution in [2.45, 2.75) is 129 Å². The minimum atomic E-state index is -0.0431. The maximum absolute atomic E-state index is 10.9. The topological polar surface area (TPSA) is 68.3 Å². The van der Waals surface area contributed by atoms with Crippen LogP contribution in [0.3, 0.4) is 0 Å². The van der Waals surface area contributed by atoms with Crippen LogP contribution in [-0.4, -0.2) is 23.1 Å². The molecule has 4 heteroatoms. The molecule has 0 aliphatic rings. The van der Waals surface area contributed by atoms with Crippen molar-refractivity contribution in [3.8, 4) is 11.8 Å². The molecule has 0 saturated carbocycles. The second-order valence-electron chi connectivity index (χ2n) is 7.52. The molecule has 204 valence electrons. The molecule has 0 unspecified atom stereocenters. The van der Waals surface area contributed by atoms with E-state index in [1.807, 2.05) is 45.0 Å². The van der Waals surface area contributed by atoms with E-state index in [2.05, 4.69) is 18.8 Å². The molecular weight excluding hydrogens is 436 g/mol. The molecule has 1 aromatic rings. The molecule has 0 spiro atoms. The number of unbranched alkanes of at least 4 members (excludes halogenated alkanes) is 1. The van der Waals surface area contributed by atoms with Gasteiger partial charge in [0.15, 0.2) is 5.78 Å². The molecule has 0 amide bonds. The number of hydrogen-bond acceptors (Lipinski definition) is 4. The standard InChI is InChI=1S/C11H14O.C7H10O.2C5H10O.3CH4/c1-3-4-10-5-7-11(8-6-10)9(2)12;1-3-4-5-6-7(2)8;2*1-3-4-5(2)6;;;/h5-8H,3-4H2,1-2H3;3-4H2,1-2H3;2*3-4H2,1-2H3;3*1H4. The number of ketones is 4. The number of carbonyl (C=O) groups is 4. The van der Waals surface area contributed by atoms with E-state index >= 15 is 0 Å². The van der Waals surface area contributed by atoms with E-state index < -0.39 is 0 Å². The highest BCUT2D eigenvalue weighted by Crippen LogP contribution is 2.06. The zero-order chi connectivity index (χ0) is 25.4. The lowest BCUT2D eigenvalue weighted by Gasteiger charge is -1.99. The number of carbonyl (C=O) groups excluding carboxylic acids is 4. The zero-order valence-electron chi connectivity index (χ0n) is 21.6. The van der Waals surface area contributed by atoms with Gasteiger partial charge in [0.1, 0.15) is 11.6 Å². The molecule has 0 radical (unpaired) electrons. The van der Waals surface area contributed by atoms with E-state index in [1.54, 1.807) is 20.8 Å². The molecule has 4 nitrogen and oxygen atoms in total. The van der Waals surface area contributed by atoms with Crippen LogP contribution in [0.2, 0.25) is 0 Å². The third kappa shape index (κ3) is 42.1. The summed E-state index contributed by atoms with van der Waals surface area (Å²) in [5.41, 5.74) is 2.11. The Hall–Kier alpha value is -2.54. The Labute approximate surface area is 218 Å². The van der Waals surface area contributed by atoms with Gasteiger partial charge in [0.25, 0.3) is 0 Å². The third-order valence-corrected chi connectivity index (χ3v) is 3.74. The number of hydrogen-bond donors (Lipinski definition) is 0. The Kier molecular flexibility index (Phi) is 44.1. The minimum absolute atomic E-state index is 0. The largest absolute Gasteiger partial charge is 0.300 e. The summed E-state index contributed by atoms with van der Waals surface area (Å²) >= 11 is 0. The molecule has 0 heterocycles. The Balaban J connectivity index is -0.0000000816. The van der Waals surface area contributed by atoms with Gasteiger partial charge < -0.3 is 9.59 Å².